The molecule has 0 radical (unpaired) electrons. The van der Waals surface area contributed by atoms with Gasteiger partial charge in [-0.25, -0.2) is 8.42 Å². The molecular formula is C15H17BrN2O2S. The zero-order valence-electron chi connectivity index (χ0n) is 11.6. The summed E-state index contributed by atoms with van der Waals surface area (Å²) in [6.45, 7) is 3.64. The fourth-order valence-electron chi connectivity index (χ4n) is 1.79. The highest BCUT2D eigenvalue weighted by atomic mass is 79.9. The van der Waals surface area contributed by atoms with Crippen molar-refractivity contribution in [3.05, 3.63) is 58.6 Å². The predicted octanol–water partition coefficient (Wildman–Crippen LogP) is 3.36. The van der Waals surface area contributed by atoms with Gasteiger partial charge in [0.2, 0.25) is 0 Å². The highest BCUT2D eigenvalue weighted by Gasteiger charge is 2.13. The van der Waals surface area contributed by atoms with Gasteiger partial charge in [0.25, 0.3) is 10.0 Å². The van der Waals surface area contributed by atoms with E-state index in [1.807, 2.05) is 19.1 Å². The van der Waals surface area contributed by atoms with Crippen LogP contribution in [0.15, 0.2) is 57.9 Å². The topological polar surface area (TPSA) is 58.2 Å². The molecule has 2 aromatic carbocycles. The second-order valence-corrected chi connectivity index (χ2v) is 7.13. The number of hydrogen-bond donors (Lipinski definition) is 2. The number of nitrogens with one attached hydrogen (secondary N) is 2. The molecule has 0 atom stereocenters. The fourth-order valence-corrected chi connectivity index (χ4v) is 3.11. The van der Waals surface area contributed by atoms with Crippen molar-refractivity contribution in [2.24, 2.45) is 0 Å². The van der Waals surface area contributed by atoms with Crippen LogP contribution in [0.1, 0.15) is 12.5 Å². The molecule has 0 fully saturated rings. The van der Waals surface area contributed by atoms with Crippen LogP contribution >= 0.6 is 15.9 Å². The Morgan fingerprint density at radius 2 is 1.62 bits per heavy atom. The first kappa shape index (κ1) is 16.0. The lowest BCUT2D eigenvalue weighted by Gasteiger charge is -2.09. The molecule has 0 aliphatic carbocycles. The second-order valence-electron chi connectivity index (χ2n) is 4.54. The summed E-state index contributed by atoms with van der Waals surface area (Å²) in [6, 6.07) is 13.9. The second kappa shape index (κ2) is 7.06. The van der Waals surface area contributed by atoms with Gasteiger partial charge in [0.05, 0.1) is 4.90 Å². The Kier molecular flexibility index (Phi) is 5.39. The standard InChI is InChI=1S/C15H17BrN2O2S/c1-2-17-11-12-3-9-15(10-4-12)21(19,20)18-14-7-5-13(16)6-8-14/h3-10,17-18H,2,11H2,1H3. The third-order valence-corrected chi connectivity index (χ3v) is 4.84. The monoisotopic (exact) mass is 368 g/mol. The Hall–Kier alpha value is -1.37. The van der Waals surface area contributed by atoms with Crippen LogP contribution in [0.2, 0.25) is 0 Å². The van der Waals surface area contributed by atoms with Gasteiger partial charge in [-0.05, 0) is 48.5 Å². The lowest BCUT2D eigenvalue weighted by molar-refractivity contribution is 0.601. The van der Waals surface area contributed by atoms with E-state index >= 15 is 0 Å². The molecule has 0 amide bonds. The van der Waals surface area contributed by atoms with Gasteiger partial charge < -0.3 is 5.32 Å². The maximum absolute atomic E-state index is 12.3. The number of sulfonamides is 1. The Morgan fingerprint density at radius 1 is 1.00 bits per heavy atom. The summed E-state index contributed by atoms with van der Waals surface area (Å²) in [4.78, 5) is 0.255. The minimum absolute atomic E-state index is 0.255. The van der Waals surface area contributed by atoms with E-state index in [1.165, 1.54) is 0 Å². The Balaban J connectivity index is 2.13. The third kappa shape index (κ3) is 4.56. The molecule has 6 heteroatoms. The summed E-state index contributed by atoms with van der Waals surface area (Å²) < 4.78 is 28.0. The van der Waals surface area contributed by atoms with Gasteiger partial charge >= 0.3 is 0 Å². The molecule has 0 aliphatic rings. The molecule has 2 aromatic rings. The van der Waals surface area contributed by atoms with Gasteiger partial charge in [0.15, 0.2) is 0 Å². The van der Waals surface area contributed by atoms with Gasteiger partial charge in [-0.1, -0.05) is 35.0 Å². The van der Waals surface area contributed by atoms with Crippen molar-refractivity contribution in [2.75, 3.05) is 11.3 Å². The zero-order valence-corrected chi connectivity index (χ0v) is 14.0. The molecule has 0 spiro atoms. The summed E-state index contributed by atoms with van der Waals surface area (Å²) in [5.74, 6) is 0. The normalized spacial score (nSPS) is 11.3. The minimum atomic E-state index is -3.55. The Labute approximate surface area is 133 Å². The molecule has 2 rings (SSSR count). The molecule has 0 heterocycles. The van der Waals surface area contributed by atoms with Crippen LogP contribution in [0.25, 0.3) is 0 Å². The molecule has 2 N–H and O–H groups in total. The van der Waals surface area contributed by atoms with Gasteiger partial charge in [0.1, 0.15) is 0 Å². The van der Waals surface area contributed by atoms with Crippen molar-refractivity contribution in [3.8, 4) is 0 Å². The maximum atomic E-state index is 12.3. The SMILES string of the molecule is CCNCc1ccc(S(=O)(=O)Nc2ccc(Br)cc2)cc1. The van der Waals surface area contributed by atoms with Crippen LogP contribution in [-0.2, 0) is 16.6 Å². The van der Waals surface area contributed by atoms with Crippen LogP contribution in [0.5, 0.6) is 0 Å². The molecule has 0 unspecified atom stereocenters. The minimum Gasteiger partial charge on any atom is -0.313 e. The zero-order chi connectivity index (χ0) is 15.3. The molecule has 0 saturated heterocycles. The predicted molar refractivity (Wildman–Crippen MR) is 88.8 cm³/mol. The molecule has 0 saturated carbocycles. The van der Waals surface area contributed by atoms with E-state index in [1.54, 1.807) is 36.4 Å². The van der Waals surface area contributed by atoms with Crippen molar-refractivity contribution in [1.82, 2.24) is 5.32 Å². The quantitative estimate of drug-likeness (QED) is 0.821. The maximum Gasteiger partial charge on any atom is 0.261 e. The molecule has 0 bridgehead atoms. The van der Waals surface area contributed by atoms with Crippen LogP contribution < -0.4 is 10.0 Å². The average Bonchev–Trinajstić information content (AvgIpc) is 2.48. The van der Waals surface area contributed by atoms with Crippen LogP contribution in [0.4, 0.5) is 5.69 Å². The van der Waals surface area contributed by atoms with E-state index in [9.17, 15) is 8.42 Å². The van der Waals surface area contributed by atoms with Crippen LogP contribution in [0.3, 0.4) is 0 Å². The third-order valence-electron chi connectivity index (χ3n) is 2.91. The first-order valence-electron chi connectivity index (χ1n) is 6.59. The van der Waals surface area contributed by atoms with E-state index in [0.29, 0.717) is 5.69 Å². The van der Waals surface area contributed by atoms with E-state index < -0.39 is 10.0 Å². The largest absolute Gasteiger partial charge is 0.313 e. The van der Waals surface area contributed by atoms with E-state index in [0.717, 1.165) is 23.1 Å². The fraction of sp³-hybridized carbons (Fsp3) is 0.200. The van der Waals surface area contributed by atoms with Gasteiger partial charge in [-0.3, -0.25) is 4.72 Å². The van der Waals surface area contributed by atoms with Crippen LogP contribution in [0, 0.1) is 0 Å². The molecule has 0 aromatic heterocycles. The van der Waals surface area contributed by atoms with Crippen molar-refractivity contribution in [3.63, 3.8) is 0 Å². The lowest BCUT2D eigenvalue weighted by atomic mass is 10.2. The lowest BCUT2D eigenvalue weighted by Crippen LogP contribution is -2.14. The summed E-state index contributed by atoms with van der Waals surface area (Å²) in [5, 5.41) is 3.20. The van der Waals surface area contributed by atoms with E-state index in [2.05, 4.69) is 26.0 Å². The van der Waals surface area contributed by atoms with Crippen molar-refractivity contribution in [2.45, 2.75) is 18.4 Å². The summed E-state index contributed by atoms with van der Waals surface area (Å²) >= 11 is 3.32. The summed E-state index contributed by atoms with van der Waals surface area (Å²) in [5.41, 5.74) is 1.59. The average molecular weight is 369 g/mol. The van der Waals surface area contributed by atoms with E-state index in [-0.39, 0.29) is 4.90 Å². The Morgan fingerprint density at radius 3 is 2.19 bits per heavy atom. The number of halogens is 1. The van der Waals surface area contributed by atoms with Gasteiger partial charge in [-0.2, -0.15) is 0 Å². The first-order chi connectivity index (χ1) is 10.0. The number of hydrogen-bond acceptors (Lipinski definition) is 3. The van der Waals surface area contributed by atoms with E-state index in [4.69, 9.17) is 0 Å². The molecule has 4 nitrogen and oxygen atoms in total. The summed E-state index contributed by atoms with van der Waals surface area (Å²) in [7, 11) is -3.55. The molecule has 21 heavy (non-hydrogen) atoms. The van der Waals surface area contributed by atoms with Gasteiger partial charge in [-0.15, -0.1) is 0 Å². The smallest absolute Gasteiger partial charge is 0.261 e. The van der Waals surface area contributed by atoms with Gasteiger partial charge in [0, 0.05) is 16.7 Å². The number of rotatable bonds is 6. The van der Waals surface area contributed by atoms with Crippen LogP contribution in [-0.4, -0.2) is 15.0 Å². The number of benzene rings is 2. The van der Waals surface area contributed by atoms with Crippen molar-refractivity contribution in [1.29, 1.82) is 0 Å². The highest BCUT2D eigenvalue weighted by Crippen LogP contribution is 2.19. The number of anilines is 1. The first-order valence-corrected chi connectivity index (χ1v) is 8.87. The highest BCUT2D eigenvalue weighted by molar-refractivity contribution is 9.10. The summed E-state index contributed by atoms with van der Waals surface area (Å²) in [6.07, 6.45) is 0. The molecule has 112 valence electrons. The van der Waals surface area contributed by atoms with Crippen molar-refractivity contribution < 1.29 is 8.42 Å². The molecule has 0 aliphatic heterocycles. The van der Waals surface area contributed by atoms with Crippen molar-refractivity contribution >= 4 is 31.6 Å². The molecular weight excluding hydrogens is 352 g/mol. The Bertz CT molecular complexity index is 683.